The van der Waals surface area contributed by atoms with Crippen LogP contribution in [0.4, 0.5) is 0 Å². The van der Waals surface area contributed by atoms with Crippen LogP contribution in [0.1, 0.15) is 44.2 Å². The predicted molar refractivity (Wildman–Crippen MR) is 77.5 cm³/mol. The van der Waals surface area contributed by atoms with Crippen molar-refractivity contribution in [3.63, 3.8) is 0 Å². The van der Waals surface area contributed by atoms with Gasteiger partial charge in [0.2, 0.25) is 5.89 Å². The molecule has 0 aliphatic rings. The highest BCUT2D eigenvalue weighted by Gasteiger charge is 2.27. The Hall–Kier alpha value is -2.21. The van der Waals surface area contributed by atoms with E-state index >= 15 is 0 Å². The van der Waals surface area contributed by atoms with Crippen LogP contribution in [0.5, 0.6) is 0 Å². The fraction of sp³-hybridized carbons (Fsp3) is 0.400. The molecule has 6 heteroatoms. The lowest BCUT2D eigenvalue weighted by Gasteiger charge is -2.23. The Kier molecular flexibility index (Phi) is 3.25. The smallest absolute Gasteiger partial charge is 0.232 e. The van der Waals surface area contributed by atoms with Gasteiger partial charge >= 0.3 is 0 Å². The average Bonchev–Trinajstić information content (AvgIpc) is 3.05. The number of benzene rings is 1. The molecule has 3 aromatic rings. The molecule has 0 aliphatic carbocycles. The van der Waals surface area contributed by atoms with Crippen LogP contribution in [-0.2, 0) is 6.42 Å². The van der Waals surface area contributed by atoms with E-state index in [1.165, 1.54) is 0 Å². The number of hydrogen-bond acceptors (Lipinski definition) is 6. The Balaban J connectivity index is 1.85. The number of hydrogen-bond donors (Lipinski definition) is 1. The molecule has 1 aromatic carbocycles. The largest absolute Gasteiger partial charge is 0.356 e. The Morgan fingerprint density at radius 2 is 1.90 bits per heavy atom. The molecular formula is C15H18N4O2. The van der Waals surface area contributed by atoms with E-state index < -0.39 is 0 Å². The summed E-state index contributed by atoms with van der Waals surface area (Å²) >= 11 is 0. The summed E-state index contributed by atoms with van der Waals surface area (Å²) in [7, 11) is 0. The molecule has 2 heterocycles. The number of para-hydroxylation sites is 1. The van der Waals surface area contributed by atoms with Gasteiger partial charge in [-0.15, -0.1) is 0 Å². The quantitative estimate of drug-likeness (QED) is 0.796. The molecule has 0 saturated heterocycles. The minimum Gasteiger partial charge on any atom is -0.356 e. The van der Waals surface area contributed by atoms with Crippen molar-refractivity contribution < 1.29 is 9.05 Å². The molecule has 1 atom stereocenters. The number of nitrogens with zero attached hydrogens (tertiary/aromatic N) is 3. The van der Waals surface area contributed by atoms with Gasteiger partial charge in [0.25, 0.3) is 0 Å². The second kappa shape index (κ2) is 4.96. The van der Waals surface area contributed by atoms with Crippen LogP contribution < -0.4 is 5.73 Å². The third kappa shape index (κ3) is 2.67. The zero-order valence-electron chi connectivity index (χ0n) is 12.3. The number of nitrogens with two attached hydrogens (primary N) is 1. The minimum absolute atomic E-state index is 0.123. The molecule has 3 rings (SSSR count). The van der Waals surface area contributed by atoms with Crippen molar-refractivity contribution in [3.05, 3.63) is 41.7 Å². The first-order valence-corrected chi connectivity index (χ1v) is 6.86. The number of fused-ring (bicyclic) bond motifs is 1. The fourth-order valence-corrected chi connectivity index (χ4v) is 2.06. The minimum atomic E-state index is -0.274. The normalized spacial score (nSPS) is 13.7. The molecule has 6 nitrogen and oxygen atoms in total. The van der Waals surface area contributed by atoms with E-state index in [-0.39, 0.29) is 11.5 Å². The van der Waals surface area contributed by atoms with Crippen LogP contribution in [0.2, 0.25) is 0 Å². The zero-order valence-corrected chi connectivity index (χ0v) is 12.3. The SMILES string of the molecule is CC(C)(C)C(N)c1noc(Cc2noc3ccccc23)n1. The van der Waals surface area contributed by atoms with E-state index in [0.29, 0.717) is 18.1 Å². The van der Waals surface area contributed by atoms with Gasteiger partial charge in [-0.05, 0) is 17.5 Å². The second-order valence-electron chi connectivity index (χ2n) is 6.19. The van der Waals surface area contributed by atoms with Crippen molar-refractivity contribution in [3.8, 4) is 0 Å². The highest BCUT2D eigenvalue weighted by Crippen LogP contribution is 2.29. The Morgan fingerprint density at radius 1 is 1.14 bits per heavy atom. The first-order chi connectivity index (χ1) is 9.95. The van der Waals surface area contributed by atoms with Crippen molar-refractivity contribution in [2.75, 3.05) is 0 Å². The monoisotopic (exact) mass is 286 g/mol. The molecule has 110 valence electrons. The lowest BCUT2D eigenvalue weighted by atomic mass is 9.87. The fourth-order valence-electron chi connectivity index (χ4n) is 2.06. The molecule has 0 fully saturated rings. The van der Waals surface area contributed by atoms with Crippen LogP contribution in [0.3, 0.4) is 0 Å². The van der Waals surface area contributed by atoms with Crippen molar-refractivity contribution in [1.82, 2.24) is 15.3 Å². The van der Waals surface area contributed by atoms with Crippen molar-refractivity contribution in [2.45, 2.75) is 33.2 Å². The van der Waals surface area contributed by atoms with Crippen LogP contribution in [0.25, 0.3) is 11.0 Å². The molecule has 0 amide bonds. The van der Waals surface area contributed by atoms with Crippen LogP contribution in [0.15, 0.2) is 33.3 Å². The number of aromatic nitrogens is 3. The molecule has 0 bridgehead atoms. The summed E-state index contributed by atoms with van der Waals surface area (Å²) in [6, 6.07) is 7.41. The molecule has 0 radical (unpaired) electrons. The summed E-state index contributed by atoms with van der Waals surface area (Å²) in [6.07, 6.45) is 0.431. The van der Waals surface area contributed by atoms with Gasteiger partial charge in [-0.1, -0.05) is 43.2 Å². The van der Waals surface area contributed by atoms with Gasteiger partial charge in [0.05, 0.1) is 12.5 Å². The van der Waals surface area contributed by atoms with E-state index in [0.717, 1.165) is 16.7 Å². The summed E-state index contributed by atoms with van der Waals surface area (Å²) in [5, 5.41) is 8.99. The van der Waals surface area contributed by atoms with Crippen molar-refractivity contribution in [2.24, 2.45) is 11.1 Å². The lowest BCUT2D eigenvalue weighted by molar-refractivity contribution is 0.300. The molecule has 0 spiro atoms. The Morgan fingerprint density at radius 3 is 2.67 bits per heavy atom. The van der Waals surface area contributed by atoms with Crippen LogP contribution in [-0.4, -0.2) is 15.3 Å². The van der Waals surface area contributed by atoms with Crippen molar-refractivity contribution in [1.29, 1.82) is 0 Å². The highest BCUT2D eigenvalue weighted by molar-refractivity contribution is 5.79. The maximum absolute atomic E-state index is 6.13. The molecule has 0 saturated carbocycles. The zero-order chi connectivity index (χ0) is 15.0. The van der Waals surface area contributed by atoms with Crippen molar-refractivity contribution >= 4 is 11.0 Å². The van der Waals surface area contributed by atoms with Gasteiger partial charge in [0, 0.05) is 5.39 Å². The summed E-state index contributed by atoms with van der Waals surface area (Å²) in [4.78, 5) is 4.37. The summed E-state index contributed by atoms with van der Waals surface area (Å²) in [5.41, 5.74) is 7.54. The Labute approximate surface area is 122 Å². The molecule has 2 N–H and O–H groups in total. The Bertz CT molecular complexity index is 754. The second-order valence-corrected chi connectivity index (χ2v) is 6.19. The maximum atomic E-state index is 6.13. The maximum Gasteiger partial charge on any atom is 0.232 e. The molecule has 2 aromatic heterocycles. The van der Waals surface area contributed by atoms with E-state index in [1.807, 2.05) is 45.0 Å². The van der Waals surface area contributed by atoms with E-state index in [9.17, 15) is 0 Å². The van der Waals surface area contributed by atoms with E-state index in [4.69, 9.17) is 14.8 Å². The van der Waals surface area contributed by atoms with Gasteiger partial charge in [-0.3, -0.25) is 0 Å². The lowest BCUT2D eigenvalue weighted by Crippen LogP contribution is -2.27. The predicted octanol–water partition coefficient (Wildman–Crippen LogP) is 2.85. The summed E-state index contributed by atoms with van der Waals surface area (Å²) in [6.45, 7) is 6.12. The molecule has 1 unspecified atom stereocenters. The summed E-state index contributed by atoms with van der Waals surface area (Å²) in [5.74, 6) is 1.01. The first-order valence-electron chi connectivity index (χ1n) is 6.86. The van der Waals surface area contributed by atoms with Crippen LogP contribution in [0, 0.1) is 5.41 Å². The third-order valence-electron chi connectivity index (χ3n) is 3.47. The average molecular weight is 286 g/mol. The van der Waals surface area contributed by atoms with E-state index in [1.54, 1.807) is 0 Å². The van der Waals surface area contributed by atoms with Gasteiger partial charge < -0.3 is 14.8 Å². The molecule has 21 heavy (non-hydrogen) atoms. The number of rotatable bonds is 3. The molecule has 0 aliphatic heterocycles. The topological polar surface area (TPSA) is 91.0 Å². The highest BCUT2D eigenvalue weighted by atomic mass is 16.5. The molecular weight excluding hydrogens is 268 g/mol. The van der Waals surface area contributed by atoms with Gasteiger partial charge in [-0.2, -0.15) is 4.98 Å². The third-order valence-corrected chi connectivity index (χ3v) is 3.47. The standard InChI is InChI=1S/C15H18N4O2/c1-15(2,3)13(16)14-17-12(21-19-14)8-10-9-6-4-5-7-11(9)20-18-10/h4-7,13H,8,16H2,1-3H3. The van der Waals surface area contributed by atoms with Gasteiger partial charge in [0.1, 0.15) is 5.69 Å². The van der Waals surface area contributed by atoms with E-state index in [2.05, 4.69) is 15.3 Å². The van der Waals surface area contributed by atoms with Gasteiger partial charge in [0.15, 0.2) is 11.4 Å². The summed E-state index contributed by atoms with van der Waals surface area (Å²) < 4.78 is 10.5. The van der Waals surface area contributed by atoms with Gasteiger partial charge in [-0.25, -0.2) is 0 Å². The first kappa shape index (κ1) is 13.8. The van der Waals surface area contributed by atoms with Crippen LogP contribution >= 0.6 is 0 Å².